The van der Waals surface area contributed by atoms with Crippen molar-refractivity contribution < 1.29 is 25.1 Å². The van der Waals surface area contributed by atoms with Crippen molar-refractivity contribution in [3.63, 3.8) is 0 Å². The Morgan fingerprint density at radius 2 is 2.00 bits per heavy atom. The SMILES string of the molecule is C=CCOS(=O)(=O)O.CCO.[H-].[H-].[Mg+2]. The quantitative estimate of drug-likeness (QED) is 0.384. The van der Waals surface area contributed by atoms with Crippen LogP contribution in [0.25, 0.3) is 0 Å². The monoisotopic (exact) mass is 210 g/mol. The van der Waals surface area contributed by atoms with Crippen LogP contribution in [0.15, 0.2) is 12.7 Å². The minimum Gasteiger partial charge on any atom is -1.00 e. The molecule has 0 fully saturated rings. The average molecular weight is 211 g/mol. The molecule has 0 atom stereocenters. The molecule has 72 valence electrons. The van der Waals surface area contributed by atoms with Crippen LogP contribution in [-0.2, 0) is 14.6 Å². The summed E-state index contributed by atoms with van der Waals surface area (Å²) in [6, 6.07) is 0. The van der Waals surface area contributed by atoms with E-state index in [0.717, 1.165) is 0 Å². The molecule has 0 saturated carbocycles. The topological polar surface area (TPSA) is 83.8 Å². The van der Waals surface area contributed by atoms with Crippen LogP contribution >= 0.6 is 0 Å². The molecule has 0 rings (SSSR count). The smallest absolute Gasteiger partial charge is 1.00 e. The molecule has 5 nitrogen and oxygen atoms in total. The first kappa shape index (κ1) is 18.2. The number of hydrogen-bond donors (Lipinski definition) is 2. The van der Waals surface area contributed by atoms with Crippen LogP contribution < -0.4 is 0 Å². The molecule has 0 spiro atoms. The maximum Gasteiger partial charge on any atom is 2.00 e. The van der Waals surface area contributed by atoms with E-state index in [1.165, 1.54) is 6.08 Å². The van der Waals surface area contributed by atoms with Gasteiger partial charge in [-0.1, -0.05) is 6.08 Å². The van der Waals surface area contributed by atoms with Crippen LogP contribution in [0.1, 0.15) is 9.78 Å². The zero-order valence-electron chi connectivity index (χ0n) is 8.93. The fourth-order valence-electron chi connectivity index (χ4n) is 0.134. The first-order valence-corrected chi connectivity index (χ1v) is 4.18. The second-order valence-electron chi connectivity index (χ2n) is 1.32. The van der Waals surface area contributed by atoms with E-state index >= 15 is 0 Å². The molecule has 0 radical (unpaired) electrons. The van der Waals surface area contributed by atoms with Crippen molar-refractivity contribution in [2.75, 3.05) is 13.2 Å². The van der Waals surface area contributed by atoms with Gasteiger partial charge in [-0.25, -0.2) is 4.18 Å². The first-order valence-electron chi connectivity index (χ1n) is 2.81. The van der Waals surface area contributed by atoms with Gasteiger partial charge in [0.2, 0.25) is 0 Å². The number of hydrogen-bond acceptors (Lipinski definition) is 4. The van der Waals surface area contributed by atoms with E-state index in [4.69, 9.17) is 9.66 Å². The number of aliphatic hydroxyl groups is 1. The molecule has 0 aliphatic carbocycles. The molecule has 0 bridgehead atoms. The standard InChI is InChI=1S/C3H6O4S.C2H6O.Mg.2H/c1-2-3-7-8(4,5)6;1-2-3;;;/h2H,1,3H2,(H,4,5,6);3H,2H2,1H3;;;/q;;+2;2*-1. The zero-order valence-corrected chi connectivity index (χ0v) is 9.16. The first-order chi connectivity index (χ1) is 4.97. The molecule has 0 heterocycles. The van der Waals surface area contributed by atoms with E-state index < -0.39 is 10.4 Å². The third kappa shape index (κ3) is 31.6. The predicted octanol–water partition coefficient (Wildman–Crippen LogP) is -0.165. The molecule has 12 heavy (non-hydrogen) atoms. The van der Waals surface area contributed by atoms with E-state index in [1.807, 2.05) is 0 Å². The van der Waals surface area contributed by atoms with Crippen LogP contribution in [-0.4, -0.2) is 54.3 Å². The summed E-state index contributed by atoms with van der Waals surface area (Å²) >= 11 is 0. The van der Waals surface area contributed by atoms with Gasteiger partial charge in [-0.15, -0.1) is 6.58 Å². The second kappa shape index (κ2) is 11.3. The fraction of sp³-hybridized carbons (Fsp3) is 0.600. The maximum absolute atomic E-state index is 9.68. The Hall–Kier alpha value is 0.336. The summed E-state index contributed by atoms with van der Waals surface area (Å²) in [5.41, 5.74) is 0. The molecule has 0 aromatic carbocycles. The van der Waals surface area contributed by atoms with Gasteiger partial charge >= 0.3 is 33.5 Å². The molecule has 0 aliphatic heterocycles. The molecule has 0 aromatic rings. The molecule has 7 heteroatoms. The summed E-state index contributed by atoms with van der Waals surface area (Å²) in [5.74, 6) is 0. The molecule has 0 saturated heterocycles. The van der Waals surface area contributed by atoms with Crippen molar-refractivity contribution in [3.05, 3.63) is 12.7 Å². The summed E-state index contributed by atoms with van der Waals surface area (Å²) in [6.07, 6.45) is 1.22. The molecule has 0 unspecified atom stereocenters. The van der Waals surface area contributed by atoms with Crippen molar-refractivity contribution in [3.8, 4) is 0 Å². The van der Waals surface area contributed by atoms with Crippen molar-refractivity contribution in [2.24, 2.45) is 0 Å². The van der Waals surface area contributed by atoms with Crippen molar-refractivity contribution in [1.29, 1.82) is 0 Å². The van der Waals surface area contributed by atoms with Crippen LogP contribution in [0.3, 0.4) is 0 Å². The van der Waals surface area contributed by atoms with Gasteiger partial charge in [-0.05, 0) is 6.92 Å². The van der Waals surface area contributed by atoms with Gasteiger partial charge in [0.15, 0.2) is 0 Å². The van der Waals surface area contributed by atoms with Gasteiger partial charge in [0.1, 0.15) is 0 Å². The molecular weight excluding hydrogens is 196 g/mol. The van der Waals surface area contributed by atoms with Crippen molar-refractivity contribution in [2.45, 2.75) is 6.92 Å². The maximum atomic E-state index is 9.68. The van der Waals surface area contributed by atoms with Crippen LogP contribution in [0, 0.1) is 0 Å². The third-order valence-corrected chi connectivity index (χ3v) is 0.769. The van der Waals surface area contributed by atoms with Gasteiger partial charge in [-0.2, -0.15) is 8.42 Å². The number of rotatable bonds is 3. The molecular formula is C5H14MgO5S. The molecule has 0 aliphatic rings. The van der Waals surface area contributed by atoms with Crippen LogP contribution in [0.5, 0.6) is 0 Å². The molecule has 0 aromatic heterocycles. The van der Waals surface area contributed by atoms with Gasteiger partial charge in [0, 0.05) is 6.61 Å². The van der Waals surface area contributed by atoms with E-state index in [1.54, 1.807) is 6.92 Å². The minimum atomic E-state index is -4.26. The molecule has 2 N–H and O–H groups in total. The summed E-state index contributed by atoms with van der Waals surface area (Å²) in [6.45, 7) is 4.90. The Bertz CT molecular complexity index is 185. The Morgan fingerprint density at radius 1 is 1.67 bits per heavy atom. The Kier molecular flexibility index (Phi) is 17.2. The van der Waals surface area contributed by atoms with Gasteiger partial charge in [-0.3, -0.25) is 4.55 Å². The number of aliphatic hydroxyl groups excluding tert-OH is 1. The van der Waals surface area contributed by atoms with E-state index in [9.17, 15) is 8.42 Å². The summed E-state index contributed by atoms with van der Waals surface area (Å²) in [7, 11) is -4.26. The minimum absolute atomic E-state index is 0. The normalized spacial score (nSPS) is 8.92. The Balaban J connectivity index is -0.0000000405. The summed E-state index contributed by atoms with van der Waals surface area (Å²) in [4.78, 5) is 0. The average Bonchev–Trinajstić information content (AvgIpc) is 1.84. The Morgan fingerprint density at radius 3 is 2.08 bits per heavy atom. The fourth-order valence-corrected chi connectivity index (χ4v) is 0.402. The van der Waals surface area contributed by atoms with Gasteiger partial charge in [0.05, 0.1) is 6.61 Å². The van der Waals surface area contributed by atoms with Gasteiger partial charge in [0.25, 0.3) is 0 Å². The van der Waals surface area contributed by atoms with E-state index in [0.29, 0.717) is 0 Å². The summed E-state index contributed by atoms with van der Waals surface area (Å²) in [5, 5.41) is 7.57. The largest absolute Gasteiger partial charge is 2.00 e. The molecule has 0 amide bonds. The van der Waals surface area contributed by atoms with Gasteiger partial charge < -0.3 is 7.96 Å². The van der Waals surface area contributed by atoms with E-state index in [-0.39, 0.29) is 39.1 Å². The van der Waals surface area contributed by atoms with Crippen molar-refractivity contribution in [1.82, 2.24) is 0 Å². The second-order valence-corrected chi connectivity index (χ2v) is 2.41. The summed E-state index contributed by atoms with van der Waals surface area (Å²) < 4.78 is 31.0. The third-order valence-electron chi connectivity index (χ3n) is 0.335. The van der Waals surface area contributed by atoms with Crippen LogP contribution in [0.4, 0.5) is 0 Å². The Labute approximate surface area is 91.5 Å². The van der Waals surface area contributed by atoms with E-state index in [2.05, 4.69) is 10.8 Å². The predicted molar refractivity (Wildman–Crippen MR) is 48.4 cm³/mol. The van der Waals surface area contributed by atoms with Crippen LogP contribution in [0.2, 0.25) is 0 Å². The zero-order chi connectivity index (χ0) is 9.33. The van der Waals surface area contributed by atoms with Crippen molar-refractivity contribution >= 4 is 33.5 Å².